The lowest BCUT2D eigenvalue weighted by molar-refractivity contribution is -0.153. The van der Waals surface area contributed by atoms with E-state index in [2.05, 4.69) is 20.5 Å². The Bertz CT molecular complexity index is 653. The number of hydrogen-bond donors (Lipinski definition) is 2. The van der Waals surface area contributed by atoms with E-state index in [1.807, 2.05) is 0 Å². The molecule has 1 heterocycles. The van der Waals surface area contributed by atoms with E-state index in [0.29, 0.717) is 11.3 Å². The summed E-state index contributed by atoms with van der Waals surface area (Å²) in [4.78, 5) is 11.6. The second-order valence-electron chi connectivity index (χ2n) is 4.68. The highest BCUT2D eigenvalue weighted by Gasteiger charge is 2.28. The lowest BCUT2D eigenvalue weighted by Crippen LogP contribution is -2.28. The Hall–Kier alpha value is -2.71. The number of halogens is 3. The number of alkyl halides is 3. The van der Waals surface area contributed by atoms with Gasteiger partial charge in [0.2, 0.25) is 0 Å². The molecule has 0 atom stereocenters. The number of nitrogens with one attached hydrogen (secondary N) is 2. The van der Waals surface area contributed by atoms with Crippen LogP contribution in [0.25, 0.3) is 0 Å². The van der Waals surface area contributed by atoms with E-state index in [9.17, 15) is 18.0 Å². The smallest absolute Gasteiger partial charge is 0.422 e. The molecule has 2 amide bonds. The van der Waals surface area contributed by atoms with Crippen molar-refractivity contribution >= 4 is 11.8 Å². The van der Waals surface area contributed by atoms with Crippen molar-refractivity contribution < 1.29 is 27.2 Å². The molecular weight excluding hydrogens is 315 g/mol. The maximum absolute atomic E-state index is 12.0. The van der Waals surface area contributed by atoms with E-state index >= 15 is 0 Å². The summed E-state index contributed by atoms with van der Waals surface area (Å²) in [7, 11) is 0. The maximum atomic E-state index is 12.0. The third-order valence-corrected chi connectivity index (χ3v) is 2.65. The summed E-state index contributed by atoms with van der Waals surface area (Å²) in [6, 6.07) is 7.02. The summed E-state index contributed by atoms with van der Waals surface area (Å²) in [6.07, 6.45) is -4.38. The van der Waals surface area contributed by atoms with Crippen LogP contribution >= 0.6 is 0 Å². The Kier molecular flexibility index (Phi) is 5.09. The molecule has 2 aromatic rings. The van der Waals surface area contributed by atoms with E-state index < -0.39 is 18.8 Å². The fourth-order valence-electron chi connectivity index (χ4n) is 1.64. The van der Waals surface area contributed by atoms with Crippen LogP contribution in [-0.4, -0.2) is 24.0 Å². The maximum Gasteiger partial charge on any atom is 0.422 e. The number of amides is 2. The minimum atomic E-state index is -4.38. The first kappa shape index (κ1) is 16.7. The fraction of sp³-hybridized carbons (Fsp3) is 0.286. The van der Waals surface area contributed by atoms with Gasteiger partial charge in [0.05, 0.1) is 0 Å². The number of nitrogens with zero attached hydrogens (tertiary/aromatic N) is 1. The zero-order valence-electron chi connectivity index (χ0n) is 12.1. The van der Waals surface area contributed by atoms with Crippen LogP contribution in [0.15, 0.2) is 34.9 Å². The van der Waals surface area contributed by atoms with E-state index in [-0.39, 0.29) is 18.1 Å². The van der Waals surface area contributed by atoms with E-state index in [1.54, 1.807) is 25.1 Å². The second-order valence-corrected chi connectivity index (χ2v) is 4.68. The molecule has 0 bridgehead atoms. The van der Waals surface area contributed by atoms with Gasteiger partial charge in [0.25, 0.3) is 0 Å². The van der Waals surface area contributed by atoms with Crippen molar-refractivity contribution in [1.29, 1.82) is 0 Å². The first-order chi connectivity index (χ1) is 10.8. The zero-order chi connectivity index (χ0) is 16.9. The average molecular weight is 329 g/mol. The molecule has 2 N–H and O–H groups in total. The second kappa shape index (κ2) is 7.03. The molecule has 124 valence electrons. The Labute approximate surface area is 129 Å². The Morgan fingerprint density at radius 1 is 1.30 bits per heavy atom. The number of carbonyl (C=O) groups is 1. The molecule has 0 unspecified atom stereocenters. The molecule has 0 saturated carbocycles. The van der Waals surface area contributed by atoms with Gasteiger partial charge in [0.15, 0.2) is 12.4 Å². The lowest BCUT2D eigenvalue weighted by atomic mass is 10.2. The molecule has 0 aliphatic carbocycles. The average Bonchev–Trinajstić information content (AvgIpc) is 2.88. The summed E-state index contributed by atoms with van der Waals surface area (Å²) < 4.78 is 45.4. The van der Waals surface area contributed by atoms with E-state index in [4.69, 9.17) is 4.52 Å². The van der Waals surface area contributed by atoms with Crippen LogP contribution in [0.5, 0.6) is 5.75 Å². The highest BCUT2D eigenvalue weighted by atomic mass is 19.4. The summed E-state index contributed by atoms with van der Waals surface area (Å²) in [5, 5.41) is 8.66. The van der Waals surface area contributed by atoms with Crippen molar-refractivity contribution in [3.05, 3.63) is 41.7 Å². The number of hydrogen-bond acceptors (Lipinski definition) is 4. The van der Waals surface area contributed by atoms with E-state index in [0.717, 1.165) is 0 Å². The van der Waals surface area contributed by atoms with Crippen LogP contribution in [0.2, 0.25) is 0 Å². The predicted molar refractivity (Wildman–Crippen MR) is 75.1 cm³/mol. The number of rotatable bonds is 5. The third kappa shape index (κ3) is 5.89. The van der Waals surface area contributed by atoms with Gasteiger partial charge in [0, 0.05) is 12.6 Å². The highest BCUT2D eigenvalue weighted by molar-refractivity contribution is 5.88. The number of ether oxygens (including phenoxy) is 1. The fourth-order valence-corrected chi connectivity index (χ4v) is 1.64. The molecule has 0 fully saturated rings. The third-order valence-electron chi connectivity index (χ3n) is 2.65. The van der Waals surface area contributed by atoms with Crippen molar-refractivity contribution in [1.82, 2.24) is 10.5 Å². The van der Waals surface area contributed by atoms with E-state index in [1.165, 1.54) is 12.1 Å². The van der Waals surface area contributed by atoms with Crippen molar-refractivity contribution in [3.8, 4) is 5.75 Å². The molecule has 0 radical (unpaired) electrons. The predicted octanol–water partition coefficient (Wildman–Crippen LogP) is 3.25. The quantitative estimate of drug-likeness (QED) is 0.883. The van der Waals surface area contributed by atoms with Crippen LogP contribution in [0.1, 0.15) is 11.3 Å². The molecule has 9 heteroatoms. The monoisotopic (exact) mass is 329 g/mol. The van der Waals surface area contributed by atoms with Gasteiger partial charge in [-0.1, -0.05) is 17.3 Å². The van der Waals surface area contributed by atoms with Crippen LogP contribution in [-0.2, 0) is 6.54 Å². The van der Waals surface area contributed by atoms with Gasteiger partial charge in [0.1, 0.15) is 11.5 Å². The highest BCUT2D eigenvalue weighted by Crippen LogP contribution is 2.18. The first-order valence-electron chi connectivity index (χ1n) is 6.58. The minimum absolute atomic E-state index is 0.105. The van der Waals surface area contributed by atoms with Crippen LogP contribution in [0.3, 0.4) is 0 Å². The van der Waals surface area contributed by atoms with Crippen LogP contribution in [0, 0.1) is 6.92 Å². The molecule has 0 aliphatic rings. The normalized spacial score (nSPS) is 11.1. The van der Waals surface area contributed by atoms with Gasteiger partial charge in [-0.25, -0.2) is 4.79 Å². The lowest BCUT2D eigenvalue weighted by Gasteiger charge is -2.10. The summed E-state index contributed by atoms with van der Waals surface area (Å²) in [6.45, 7) is 0.546. The number of urea groups is 1. The summed E-state index contributed by atoms with van der Waals surface area (Å²) in [5.41, 5.74) is 0.704. The van der Waals surface area contributed by atoms with Crippen molar-refractivity contribution in [2.24, 2.45) is 0 Å². The summed E-state index contributed by atoms with van der Waals surface area (Å²) >= 11 is 0. The molecule has 2 rings (SSSR count). The number of aromatic nitrogens is 1. The molecule has 0 saturated heterocycles. The largest absolute Gasteiger partial charge is 0.484 e. The number of benzene rings is 1. The number of anilines is 1. The molecule has 23 heavy (non-hydrogen) atoms. The minimum Gasteiger partial charge on any atom is -0.484 e. The summed E-state index contributed by atoms with van der Waals surface area (Å²) in [5.74, 6) is 0.958. The number of aryl methyl sites for hydroxylation is 1. The molecule has 0 aliphatic heterocycles. The van der Waals surface area contributed by atoms with Crippen LogP contribution in [0.4, 0.5) is 23.8 Å². The van der Waals surface area contributed by atoms with Gasteiger partial charge < -0.3 is 14.6 Å². The van der Waals surface area contributed by atoms with Crippen molar-refractivity contribution in [3.63, 3.8) is 0 Å². The standard InChI is InChI=1S/C14H14F3N3O3/c1-9-6-12(20-23-9)19-13(21)18-7-10-2-4-11(5-3-10)22-8-14(15,16)17/h2-6H,7-8H2,1H3,(H2,18,19,20,21). The Morgan fingerprint density at radius 3 is 2.57 bits per heavy atom. The Morgan fingerprint density at radius 2 is 2.00 bits per heavy atom. The van der Waals surface area contributed by atoms with Gasteiger partial charge in [-0.05, 0) is 24.6 Å². The number of carbonyl (C=O) groups excluding carboxylic acids is 1. The topological polar surface area (TPSA) is 76.4 Å². The molecule has 6 nitrogen and oxygen atoms in total. The van der Waals surface area contributed by atoms with Gasteiger partial charge in [-0.15, -0.1) is 0 Å². The molecular formula is C14H14F3N3O3. The molecule has 1 aromatic heterocycles. The molecule has 1 aromatic carbocycles. The molecule has 0 spiro atoms. The zero-order valence-corrected chi connectivity index (χ0v) is 12.1. The Balaban J connectivity index is 1.78. The van der Waals surface area contributed by atoms with Gasteiger partial charge >= 0.3 is 12.2 Å². The van der Waals surface area contributed by atoms with Gasteiger partial charge in [-0.2, -0.15) is 13.2 Å². The van der Waals surface area contributed by atoms with Gasteiger partial charge in [-0.3, -0.25) is 5.32 Å². The SMILES string of the molecule is Cc1cc(NC(=O)NCc2ccc(OCC(F)(F)F)cc2)no1. The first-order valence-corrected chi connectivity index (χ1v) is 6.58. The van der Waals surface area contributed by atoms with Crippen molar-refractivity contribution in [2.45, 2.75) is 19.6 Å². The van der Waals surface area contributed by atoms with Crippen molar-refractivity contribution in [2.75, 3.05) is 11.9 Å². The van der Waals surface area contributed by atoms with Crippen LogP contribution < -0.4 is 15.4 Å².